The maximum absolute atomic E-state index is 5.17. The average molecular weight is 328 g/mol. The molecule has 0 fully saturated rings. The Balaban J connectivity index is 2.99. The van der Waals surface area contributed by atoms with Gasteiger partial charge >= 0.3 is 0 Å². The van der Waals surface area contributed by atoms with Crippen LogP contribution in [0.4, 0.5) is 0 Å². The number of rotatable bonds is 18. The standard InChI is InChI=1S/C19H41N3O/c1-2-3-4-5-6-7-8-9-10-11-12-13-14-15-16-17-18-23-22-19(20)21/h2-18H2,1H3,(H4,20,21,22). The summed E-state index contributed by atoms with van der Waals surface area (Å²) in [6, 6.07) is 0. The molecule has 0 aromatic rings. The molecular formula is C19H41N3O. The van der Waals surface area contributed by atoms with E-state index >= 15 is 0 Å². The van der Waals surface area contributed by atoms with E-state index in [0.717, 1.165) is 6.42 Å². The normalized spacial score (nSPS) is 10.7. The van der Waals surface area contributed by atoms with Gasteiger partial charge in [0.1, 0.15) is 6.61 Å². The summed E-state index contributed by atoms with van der Waals surface area (Å²) in [5.41, 5.74) is 10.3. The Labute approximate surface area is 144 Å². The maximum atomic E-state index is 5.17. The number of unbranched alkanes of at least 4 members (excludes halogenated alkanes) is 15. The quantitative estimate of drug-likeness (QED) is 0.152. The molecule has 0 saturated heterocycles. The average Bonchev–Trinajstić information content (AvgIpc) is 2.53. The maximum Gasteiger partial charge on any atom is 0.228 e. The van der Waals surface area contributed by atoms with Crippen LogP contribution in [-0.4, -0.2) is 12.6 Å². The lowest BCUT2D eigenvalue weighted by Gasteiger charge is -2.03. The molecule has 0 aromatic carbocycles. The van der Waals surface area contributed by atoms with Crippen molar-refractivity contribution in [3.63, 3.8) is 0 Å². The van der Waals surface area contributed by atoms with Crippen LogP contribution in [0.2, 0.25) is 0 Å². The van der Waals surface area contributed by atoms with Crippen molar-refractivity contribution in [2.45, 2.75) is 110 Å². The molecule has 4 heteroatoms. The topological polar surface area (TPSA) is 73.6 Å². The smallest absolute Gasteiger partial charge is 0.228 e. The molecule has 0 atom stereocenters. The minimum atomic E-state index is 0.00138. The molecule has 23 heavy (non-hydrogen) atoms. The van der Waals surface area contributed by atoms with Gasteiger partial charge in [-0.1, -0.05) is 96.8 Å². The number of guanidine groups is 1. The van der Waals surface area contributed by atoms with Crippen LogP contribution in [0.3, 0.4) is 0 Å². The molecule has 0 aromatic heterocycles. The van der Waals surface area contributed by atoms with E-state index in [1.165, 1.54) is 96.3 Å². The van der Waals surface area contributed by atoms with E-state index in [2.05, 4.69) is 12.1 Å². The molecule has 0 aliphatic carbocycles. The van der Waals surface area contributed by atoms with E-state index in [1.54, 1.807) is 0 Å². The summed E-state index contributed by atoms with van der Waals surface area (Å²) in [6.07, 6.45) is 22.0. The first-order valence-electron chi connectivity index (χ1n) is 9.98. The second-order valence-corrected chi connectivity index (χ2v) is 6.65. The van der Waals surface area contributed by atoms with Crippen LogP contribution in [0.25, 0.3) is 0 Å². The summed E-state index contributed by atoms with van der Waals surface area (Å²) in [7, 11) is 0. The monoisotopic (exact) mass is 327 g/mol. The fraction of sp³-hybridized carbons (Fsp3) is 0.947. The Hall–Kier alpha value is -0.930. The molecule has 0 spiro atoms. The second kappa shape index (κ2) is 19.1. The molecule has 0 amide bonds. The Kier molecular flexibility index (Phi) is 18.3. The molecule has 0 heterocycles. The van der Waals surface area contributed by atoms with Gasteiger partial charge in [0, 0.05) is 0 Å². The first kappa shape index (κ1) is 22.1. The number of hydrogen-bond acceptors (Lipinski definition) is 2. The Morgan fingerprint density at radius 1 is 0.609 bits per heavy atom. The van der Waals surface area contributed by atoms with Crippen LogP contribution in [0.1, 0.15) is 110 Å². The third-order valence-electron chi connectivity index (χ3n) is 4.26. The van der Waals surface area contributed by atoms with Crippen molar-refractivity contribution in [1.82, 2.24) is 0 Å². The minimum absolute atomic E-state index is 0.00138. The summed E-state index contributed by atoms with van der Waals surface area (Å²) >= 11 is 0. The van der Waals surface area contributed by atoms with Gasteiger partial charge in [-0.05, 0) is 18.0 Å². The van der Waals surface area contributed by atoms with Crippen LogP contribution in [-0.2, 0) is 4.84 Å². The van der Waals surface area contributed by atoms with Gasteiger partial charge in [0.2, 0.25) is 5.96 Å². The van der Waals surface area contributed by atoms with Crippen molar-refractivity contribution in [3.8, 4) is 0 Å². The van der Waals surface area contributed by atoms with Crippen molar-refractivity contribution in [2.75, 3.05) is 6.61 Å². The van der Waals surface area contributed by atoms with Gasteiger partial charge in [-0.2, -0.15) is 0 Å². The predicted molar refractivity (Wildman–Crippen MR) is 101 cm³/mol. The third kappa shape index (κ3) is 21.1. The Bertz CT molecular complexity index is 253. The Morgan fingerprint density at radius 2 is 0.957 bits per heavy atom. The molecule has 4 N–H and O–H groups in total. The van der Waals surface area contributed by atoms with Gasteiger partial charge < -0.3 is 16.3 Å². The summed E-state index contributed by atoms with van der Waals surface area (Å²) in [4.78, 5) is 4.95. The Morgan fingerprint density at radius 3 is 1.30 bits per heavy atom. The molecular weight excluding hydrogens is 286 g/mol. The van der Waals surface area contributed by atoms with Crippen molar-refractivity contribution in [3.05, 3.63) is 0 Å². The van der Waals surface area contributed by atoms with E-state index < -0.39 is 0 Å². The van der Waals surface area contributed by atoms with Gasteiger partial charge in [-0.3, -0.25) is 0 Å². The lowest BCUT2D eigenvalue weighted by molar-refractivity contribution is 0.139. The van der Waals surface area contributed by atoms with Gasteiger partial charge in [0.15, 0.2) is 0 Å². The van der Waals surface area contributed by atoms with Crippen LogP contribution < -0.4 is 11.5 Å². The zero-order valence-electron chi connectivity index (χ0n) is 15.5. The molecule has 138 valence electrons. The molecule has 0 aliphatic heterocycles. The molecule has 0 radical (unpaired) electrons. The van der Waals surface area contributed by atoms with Crippen molar-refractivity contribution < 1.29 is 4.84 Å². The lowest BCUT2D eigenvalue weighted by atomic mass is 10.0. The zero-order chi connectivity index (χ0) is 17.0. The van der Waals surface area contributed by atoms with E-state index in [0.29, 0.717) is 6.61 Å². The highest BCUT2D eigenvalue weighted by Crippen LogP contribution is 2.13. The zero-order valence-corrected chi connectivity index (χ0v) is 15.5. The highest BCUT2D eigenvalue weighted by atomic mass is 16.6. The fourth-order valence-corrected chi connectivity index (χ4v) is 2.83. The van der Waals surface area contributed by atoms with Gasteiger partial charge in [-0.25, -0.2) is 0 Å². The van der Waals surface area contributed by atoms with Crippen molar-refractivity contribution in [1.29, 1.82) is 0 Å². The van der Waals surface area contributed by atoms with Gasteiger partial charge in [0.25, 0.3) is 0 Å². The summed E-state index contributed by atoms with van der Waals surface area (Å²) in [5.74, 6) is 0.00138. The van der Waals surface area contributed by atoms with E-state index in [9.17, 15) is 0 Å². The molecule has 4 nitrogen and oxygen atoms in total. The van der Waals surface area contributed by atoms with Crippen molar-refractivity contribution in [2.24, 2.45) is 16.6 Å². The third-order valence-corrected chi connectivity index (χ3v) is 4.26. The molecule has 0 aliphatic rings. The number of oxime groups is 1. The van der Waals surface area contributed by atoms with Gasteiger partial charge in [-0.15, -0.1) is 0 Å². The minimum Gasteiger partial charge on any atom is -0.393 e. The highest BCUT2D eigenvalue weighted by molar-refractivity contribution is 5.74. The SMILES string of the molecule is CCCCCCCCCCCCCCCCCCON=C(N)N. The largest absolute Gasteiger partial charge is 0.393 e. The van der Waals surface area contributed by atoms with E-state index in [-0.39, 0.29) is 5.96 Å². The summed E-state index contributed by atoms with van der Waals surface area (Å²) in [5, 5.41) is 3.50. The van der Waals surface area contributed by atoms with E-state index in [1.807, 2.05) is 0 Å². The first-order valence-corrected chi connectivity index (χ1v) is 9.98. The first-order chi connectivity index (χ1) is 11.3. The number of nitrogens with zero attached hydrogens (tertiary/aromatic N) is 1. The number of nitrogens with two attached hydrogens (primary N) is 2. The highest BCUT2D eigenvalue weighted by Gasteiger charge is 1.94. The second-order valence-electron chi connectivity index (χ2n) is 6.65. The summed E-state index contributed by atoms with van der Waals surface area (Å²) in [6.45, 7) is 2.90. The van der Waals surface area contributed by atoms with Crippen LogP contribution in [0.5, 0.6) is 0 Å². The molecule has 0 saturated carbocycles. The lowest BCUT2D eigenvalue weighted by Crippen LogP contribution is -2.22. The van der Waals surface area contributed by atoms with Crippen LogP contribution in [0.15, 0.2) is 5.16 Å². The van der Waals surface area contributed by atoms with Crippen LogP contribution in [0, 0.1) is 0 Å². The summed E-state index contributed by atoms with van der Waals surface area (Å²) < 4.78 is 0. The number of hydrogen-bond donors (Lipinski definition) is 2. The molecule has 0 rings (SSSR count). The van der Waals surface area contributed by atoms with Gasteiger partial charge in [0.05, 0.1) is 0 Å². The fourth-order valence-electron chi connectivity index (χ4n) is 2.83. The van der Waals surface area contributed by atoms with E-state index in [4.69, 9.17) is 16.3 Å². The van der Waals surface area contributed by atoms with Crippen molar-refractivity contribution >= 4 is 5.96 Å². The van der Waals surface area contributed by atoms with Crippen LogP contribution >= 0.6 is 0 Å². The molecule has 0 unspecified atom stereocenters. The predicted octanol–water partition coefficient (Wildman–Crippen LogP) is 5.45. The molecule has 0 bridgehead atoms.